The minimum atomic E-state index is -0.988. The van der Waals surface area contributed by atoms with Gasteiger partial charge in [-0.1, -0.05) is 0 Å². The number of pyridine rings is 1. The second-order valence-electron chi connectivity index (χ2n) is 7.31. The average molecular weight is 473 g/mol. The van der Waals surface area contributed by atoms with Gasteiger partial charge >= 0.3 is 0 Å². The van der Waals surface area contributed by atoms with Gasteiger partial charge in [-0.2, -0.15) is 0 Å². The molecule has 0 radical (unpaired) electrons. The number of methoxy groups -OCH3 is 1. The van der Waals surface area contributed by atoms with Gasteiger partial charge in [0.25, 0.3) is 5.91 Å². The monoisotopic (exact) mass is 473 g/mol. The van der Waals surface area contributed by atoms with Gasteiger partial charge in [0.1, 0.15) is 40.6 Å². The fraction of sp³-hybridized carbons (Fsp3) is 0.0417. The molecule has 0 atom stereocenters. The Balaban J connectivity index is 1.48. The van der Waals surface area contributed by atoms with Gasteiger partial charge in [0.2, 0.25) is 0 Å². The summed E-state index contributed by atoms with van der Waals surface area (Å²) in [6.45, 7) is 0. The molecule has 0 saturated carbocycles. The van der Waals surface area contributed by atoms with Crippen LogP contribution in [0.2, 0.25) is 0 Å². The number of carbonyl (C=O) groups is 1. The number of hydrogen-bond acceptors (Lipinski definition) is 7. The van der Waals surface area contributed by atoms with Gasteiger partial charge in [-0.05, 0) is 48.5 Å². The van der Waals surface area contributed by atoms with E-state index in [1.807, 2.05) is 0 Å². The minimum absolute atomic E-state index is 0.151. The van der Waals surface area contributed by atoms with E-state index in [0.717, 1.165) is 12.1 Å². The second kappa shape index (κ2) is 9.14. The first-order chi connectivity index (χ1) is 17.0. The maximum Gasteiger partial charge on any atom is 0.255 e. The predicted octanol–water partition coefficient (Wildman–Crippen LogP) is 4.70. The molecule has 0 fully saturated rings. The number of rotatable bonds is 6. The van der Waals surface area contributed by atoms with Gasteiger partial charge in [0.05, 0.1) is 19.1 Å². The fourth-order valence-electron chi connectivity index (χ4n) is 3.48. The third-order valence-electron chi connectivity index (χ3n) is 5.22. The van der Waals surface area contributed by atoms with Gasteiger partial charge in [0, 0.05) is 17.3 Å². The van der Waals surface area contributed by atoms with Crippen LogP contribution < -0.4 is 15.4 Å². The van der Waals surface area contributed by atoms with Crippen molar-refractivity contribution in [1.82, 2.24) is 24.9 Å². The number of benzene rings is 2. The van der Waals surface area contributed by atoms with Gasteiger partial charge in [-0.3, -0.25) is 4.79 Å². The predicted molar refractivity (Wildman–Crippen MR) is 126 cm³/mol. The van der Waals surface area contributed by atoms with Gasteiger partial charge in [-0.25, -0.2) is 28.7 Å². The maximum absolute atomic E-state index is 15.3. The molecule has 174 valence electrons. The summed E-state index contributed by atoms with van der Waals surface area (Å²) in [4.78, 5) is 32.3. The van der Waals surface area contributed by atoms with Gasteiger partial charge < -0.3 is 20.4 Å². The Hall–Kier alpha value is -4.93. The summed E-state index contributed by atoms with van der Waals surface area (Å²) >= 11 is 0. The van der Waals surface area contributed by atoms with Gasteiger partial charge in [0.15, 0.2) is 11.5 Å². The SMILES string of the molecule is COc1ccc(C(=O)Nc2ccc(F)c(Nc3ncccc3-c3ncnc4nc[nH]c34)c2F)cc1. The third kappa shape index (κ3) is 4.22. The Kier molecular flexibility index (Phi) is 5.71. The summed E-state index contributed by atoms with van der Waals surface area (Å²) in [5, 5.41) is 5.18. The van der Waals surface area contributed by atoms with E-state index in [4.69, 9.17) is 4.74 Å². The van der Waals surface area contributed by atoms with E-state index in [-0.39, 0.29) is 17.1 Å². The number of H-pyrrole nitrogens is 1. The van der Waals surface area contributed by atoms with E-state index in [0.29, 0.717) is 28.2 Å². The van der Waals surface area contributed by atoms with Crippen LogP contribution in [0.5, 0.6) is 5.75 Å². The second-order valence-corrected chi connectivity index (χ2v) is 7.31. The van der Waals surface area contributed by atoms with Crippen LogP contribution >= 0.6 is 0 Å². The smallest absolute Gasteiger partial charge is 0.255 e. The van der Waals surface area contributed by atoms with Crippen LogP contribution in [0.3, 0.4) is 0 Å². The number of anilines is 3. The molecule has 3 N–H and O–H groups in total. The number of imidazole rings is 1. The number of nitrogens with zero attached hydrogens (tertiary/aromatic N) is 4. The molecule has 0 unspecified atom stereocenters. The summed E-state index contributed by atoms with van der Waals surface area (Å²) < 4.78 is 35.1. The van der Waals surface area contributed by atoms with E-state index < -0.39 is 23.2 Å². The van der Waals surface area contributed by atoms with E-state index in [1.54, 1.807) is 24.3 Å². The van der Waals surface area contributed by atoms with Crippen LogP contribution in [0.25, 0.3) is 22.4 Å². The number of carbonyl (C=O) groups excluding carboxylic acids is 1. The van der Waals surface area contributed by atoms with Crippen LogP contribution in [0.1, 0.15) is 10.4 Å². The summed E-state index contributed by atoms with van der Waals surface area (Å²) in [5.41, 5.74) is 1.50. The quantitative estimate of drug-likeness (QED) is 0.327. The number of nitrogens with one attached hydrogen (secondary N) is 3. The van der Waals surface area contributed by atoms with Crippen molar-refractivity contribution in [2.45, 2.75) is 0 Å². The molecule has 3 heterocycles. The molecule has 0 saturated heterocycles. The molecule has 0 bridgehead atoms. The standard InChI is InChI=1S/C24H17F2N7O2/c1-35-14-6-4-13(5-7-14)24(34)32-17-9-8-16(25)20(18(17)26)33-22-15(3-2-10-27-22)19-21-23(30-11-28-19)31-12-29-21/h2-12H,1H3,(H,27,33)(H,32,34)(H,28,29,30,31). The molecule has 11 heteroatoms. The van der Waals surface area contributed by atoms with Crippen LogP contribution in [0.4, 0.5) is 26.0 Å². The zero-order valence-electron chi connectivity index (χ0n) is 18.2. The van der Waals surface area contributed by atoms with Crippen molar-refractivity contribution >= 4 is 34.3 Å². The highest BCUT2D eigenvalue weighted by Crippen LogP contribution is 2.33. The van der Waals surface area contributed by atoms with Crippen molar-refractivity contribution < 1.29 is 18.3 Å². The molecule has 5 aromatic rings. The lowest BCUT2D eigenvalue weighted by Crippen LogP contribution is -2.14. The van der Waals surface area contributed by atoms with E-state index >= 15 is 4.39 Å². The number of aromatic nitrogens is 5. The molecule has 5 rings (SSSR count). The topological polar surface area (TPSA) is 118 Å². The van der Waals surface area contributed by atoms with Crippen LogP contribution in [-0.4, -0.2) is 37.9 Å². The van der Waals surface area contributed by atoms with Crippen LogP contribution in [0, 0.1) is 11.6 Å². The average Bonchev–Trinajstić information content (AvgIpc) is 3.38. The number of fused-ring (bicyclic) bond motifs is 1. The maximum atomic E-state index is 15.3. The number of ether oxygens (including phenoxy) is 1. The van der Waals surface area contributed by atoms with Crippen molar-refractivity contribution in [3.8, 4) is 17.0 Å². The first-order valence-electron chi connectivity index (χ1n) is 10.3. The zero-order valence-corrected chi connectivity index (χ0v) is 18.2. The summed E-state index contributed by atoms with van der Waals surface area (Å²) in [6.07, 6.45) is 4.29. The number of halogens is 2. The molecule has 0 aliphatic heterocycles. The van der Waals surface area contributed by atoms with Gasteiger partial charge in [-0.15, -0.1) is 0 Å². The first-order valence-corrected chi connectivity index (χ1v) is 10.3. The Morgan fingerprint density at radius 2 is 1.83 bits per heavy atom. The van der Waals surface area contributed by atoms with Crippen molar-refractivity contribution in [2.24, 2.45) is 0 Å². The zero-order chi connectivity index (χ0) is 24.4. The van der Waals surface area contributed by atoms with E-state index in [1.165, 1.54) is 38.1 Å². The molecule has 9 nitrogen and oxygen atoms in total. The lowest BCUT2D eigenvalue weighted by atomic mass is 10.1. The molecular formula is C24H17F2N7O2. The minimum Gasteiger partial charge on any atom is -0.497 e. The Bertz CT molecular complexity index is 1540. The summed E-state index contributed by atoms with van der Waals surface area (Å²) in [5.74, 6) is -1.69. The summed E-state index contributed by atoms with van der Waals surface area (Å²) in [6, 6.07) is 11.8. The Labute approximate surface area is 197 Å². The highest BCUT2D eigenvalue weighted by atomic mass is 19.1. The molecule has 1 amide bonds. The Morgan fingerprint density at radius 1 is 1.00 bits per heavy atom. The highest BCUT2D eigenvalue weighted by molar-refractivity contribution is 6.04. The largest absolute Gasteiger partial charge is 0.497 e. The van der Waals surface area contributed by atoms with Crippen molar-refractivity contribution in [2.75, 3.05) is 17.7 Å². The third-order valence-corrected chi connectivity index (χ3v) is 5.22. The van der Waals surface area contributed by atoms with Crippen molar-refractivity contribution in [1.29, 1.82) is 0 Å². The molecular weight excluding hydrogens is 456 g/mol. The molecule has 3 aromatic heterocycles. The number of aromatic amines is 1. The van der Waals surface area contributed by atoms with Crippen LogP contribution in [-0.2, 0) is 0 Å². The fourth-order valence-corrected chi connectivity index (χ4v) is 3.48. The number of hydrogen-bond donors (Lipinski definition) is 3. The van der Waals surface area contributed by atoms with E-state index in [9.17, 15) is 9.18 Å². The number of amides is 1. The molecule has 2 aromatic carbocycles. The molecule has 0 spiro atoms. The van der Waals surface area contributed by atoms with Crippen molar-refractivity contribution in [3.63, 3.8) is 0 Å². The normalized spacial score (nSPS) is 10.8. The Morgan fingerprint density at radius 3 is 2.63 bits per heavy atom. The lowest BCUT2D eigenvalue weighted by Gasteiger charge is -2.14. The van der Waals surface area contributed by atoms with Crippen molar-refractivity contribution in [3.05, 3.63) is 84.6 Å². The highest BCUT2D eigenvalue weighted by Gasteiger charge is 2.20. The van der Waals surface area contributed by atoms with Crippen LogP contribution in [0.15, 0.2) is 67.4 Å². The van der Waals surface area contributed by atoms with E-state index in [2.05, 4.69) is 35.6 Å². The molecule has 35 heavy (non-hydrogen) atoms. The first kappa shape index (κ1) is 21.9. The molecule has 0 aliphatic rings. The lowest BCUT2D eigenvalue weighted by molar-refractivity contribution is 0.102. The molecule has 0 aliphatic carbocycles. The summed E-state index contributed by atoms with van der Waals surface area (Å²) in [7, 11) is 1.51.